The highest BCUT2D eigenvalue weighted by atomic mass is 35.5. The molecule has 0 N–H and O–H groups in total. The smallest absolute Gasteiger partial charge is 0.142 e. The molecule has 3 rings (SSSR count). The van der Waals surface area contributed by atoms with Crippen LogP contribution in [0.2, 0.25) is 5.02 Å². The molecule has 1 aromatic rings. The molecule has 2 aliphatic carbocycles. The summed E-state index contributed by atoms with van der Waals surface area (Å²) in [6.45, 7) is 4.57. The van der Waals surface area contributed by atoms with Gasteiger partial charge in [0.1, 0.15) is 11.6 Å². The van der Waals surface area contributed by atoms with Gasteiger partial charge in [-0.25, -0.2) is 4.39 Å². The minimum Gasteiger partial charge on any atom is -0.493 e. The average molecular weight is 379 g/mol. The van der Waals surface area contributed by atoms with Crippen LogP contribution in [0.4, 0.5) is 4.39 Å². The van der Waals surface area contributed by atoms with Gasteiger partial charge in [0.25, 0.3) is 0 Å². The molecule has 3 heteroatoms. The quantitative estimate of drug-likeness (QED) is 0.448. The summed E-state index contributed by atoms with van der Waals surface area (Å²) in [7, 11) is 0. The molecule has 0 heterocycles. The van der Waals surface area contributed by atoms with Crippen molar-refractivity contribution in [1.29, 1.82) is 0 Å². The molecule has 2 fully saturated rings. The second kappa shape index (κ2) is 9.78. The van der Waals surface area contributed by atoms with Crippen molar-refractivity contribution in [2.75, 3.05) is 6.61 Å². The Hall–Kier alpha value is -1.02. The summed E-state index contributed by atoms with van der Waals surface area (Å²) in [5.41, 5.74) is 0. The van der Waals surface area contributed by atoms with Crippen molar-refractivity contribution in [3.05, 3.63) is 41.7 Å². The van der Waals surface area contributed by atoms with Crippen molar-refractivity contribution in [3.63, 3.8) is 0 Å². The minimum atomic E-state index is -0.390. The van der Waals surface area contributed by atoms with Crippen LogP contribution in [0.15, 0.2) is 30.9 Å². The van der Waals surface area contributed by atoms with Gasteiger partial charge in [-0.05, 0) is 87.2 Å². The van der Waals surface area contributed by atoms with E-state index in [4.69, 9.17) is 16.3 Å². The van der Waals surface area contributed by atoms with E-state index in [1.165, 1.54) is 70.3 Å². The Morgan fingerprint density at radius 3 is 2.19 bits per heavy atom. The molecule has 0 radical (unpaired) electrons. The number of hydrogen-bond acceptors (Lipinski definition) is 1. The van der Waals surface area contributed by atoms with Crippen molar-refractivity contribution in [3.8, 4) is 5.75 Å². The fourth-order valence-corrected chi connectivity index (χ4v) is 5.08. The highest BCUT2D eigenvalue weighted by Gasteiger charge is 2.30. The Bertz CT molecular complexity index is 572. The zero-order chi connectivity index (χ0) is 18.4. The topological polar surface area (TPSA) is 9.23 Å². The Labute approximate surface area is 163 Å². The molecule has 0 aromatic heterocycles. The molecule has 0 atom stereocenters. The van der Waals surface area contributed by atoms with E-state index < -0.39 is 5.82 Å². The van der Waals surface area contributed by atoms with Crippen molar-refractivity contribution in [1.82, 2.24) is 0 Å². The summed E-state index contributed by atoms with van der Waals surface area (Å²) in [6.07, 6.45) is 15.5. The Morgan fingerprint density at radius 1 is 1.00 bits per heavy atom. The van der Waals surface area contributed by atoms with Crippen molar-refractivity contribution in [2.45, 2.75) is 64.2 Å². The molecule has 0 spiro atoms. The zero-order valence-electron chi connectivity index (χ0n) is 15.8. The molecule has 0 unspecified atom stereocenters. The van der Waals surface area contributed by atoms with E-state index in [1.807, 2.05) is 0 Å². The van der Waals surface area contributed by atoms with Gasteiger partial charge in [0.2, 0.25) is 0 Å². The number of allylic oxidation sites excluding steroid dienone is 1. The van der Waals surface area contributed by atoms with Crippen molar-refractivity contribution < 1.29 is 9.13 Å². The third-order valence-electron chi connectivity index (χ3n) is 6.61. The van der Waals surface area contributed by atoms with E-state index >= 15 is 0 Å². The monoisotopic (exact) mass is 378 g/mol. The molecule has 0 saturated heterocycles. The van der Waals surface area contributed by atoms with Crippen LogP contribution >= 0.6 is 11.6 Å². The summed E-state index contributed by atoms with van der Waals surface area (Å²) in [5, 5.41) is 0.134. The van der Waals surface area contributed by atoms with Crippen LogP contribution in [0.1, 0.15) is 64.2 Å². The first-order chi connectivity index (χ1) is 12.7. The van der Waals surface area contributed by atoms with Crippen LogP contribution < -0.4 is 4.74 Å². The Balaban J connectivity index is 1.36. The van der Waals surface area contributed by atoms with Crippen LogP contribution in [0.25, 0.3) is 0 Å². The molecule has 0 bridgehead atoms. The number of ether oxygens (including phenoxy) is 1. The summed E-state index contributed by atoms with van der Waals surface area (Å²) >= 11 is 5.82. The largest absolute Gasteiger partial charge is 0.493 e. The van der Waals surface area contributed by atoms with Crippen molar-refractivity contribution >= 4 is 11.6 Å². The van der Waals surface area contributed by atoms with E-state index in [2.05, 4.69) is 12.7 Å². The summed E-state index contributed by atoms with van der Waals surface area (Å²) in [4.78, 5) is 0. The molecule has 144 valence electrons. The van der Waals surface area contributed by atoms with E-state index in [1.54, 1.807) is 12.1 Å². The lowest BCUT2D eigenvalue weighted by atomic mass is 9.69. The van der Waals surface area contributed by atoms with Crippen LogP contribution in [-0.2, 0) is 0 Å². The van der Waals surface area contributed by atoms with E-state index in [0.29, 0.717) is 11.7 Å². The maximum Gasteiger partial charge on any atom is 0.142 e. The maximum absolute atomic E-state index is 13.2. The van der Waals surface area contributed by atoms with Gasteiger partial charge in [-0.1, -0.05) is 30.5 Å². The fourth-order valence-electron chi connectivity index (χ4n) is 4.91. The lowest BCUT2D eigenvalue weighted by molar-refractivity contribution is 0.122. The third-order valence-corrected chi connectivity index (χ3v) is 6.89. The molecule has 0 amide bonds. The Kier molecular flexibility index (Phi) is 7.42. The van der Waals surface area contributed by atoms with Gasteiger partial charge >= 0.3 is 0 Å². The van der Waals surface area contributed by atoms with E-state index in [0.717, 1.165) is 24.4 Å². The highest BCUT2D eigenvalue weighted by molar-refractivity contribution is 6.30. The summed E-state index contributed by atoms with van der Waals surface area (Å²) < 4.78 is 19.1. The van der Waals surface area contributed by atoms with Crippen LogP contribution in [0.3, 0.4) is 0 Å². The lowest BCUT2D eigenvalue weighted by Gasteiger charge is -2.37. The first-order valence-electron chi connectivity index (χ1n) is 10.3. The predicted octanol–water partition coefficient (Wildman–Crippen LogP) is 7.44. The van der Waals surface area contributed by atoms with Gasteiger partial charge in [0.15, 0.2) is 0 Å². The van der Waals surface area contributed by atoms with Gasteiger partial charge in [-0.3, -0.25) is 0 Å². The van der Waals surface area contributed by atoms with Crippen LogP contribution in [-0.4, -0.2) is 6.61 Å². The second-order valence-electron chi connectivity index (χ2n) is 8.31. The normalized spacial score (nSPS) is 29.3. The van der Waals surface area contributed by atoms with Gasteiger partial charge in [-0.15, -0.1) is 6.58 Å². The maximum atomic E-state index is 13.2. The lowest BCUT2D eigenvalue weighted by Crippen LogP contribution is -2.27. The van der Waals surface area contributed by atoms with Crippen LogP contribution in [0, 0.1) is 29.5 Å². The molecule has 1 nitrogen and oxygen atoms in total. The molecular weight excluding hydrogens is 347 g/mol. The second-order valence-corrected chi connectivity index (χ2v) is 8.72. The first kappa shape index (κ1) is 19.7. The number of rotatable bonds is 7. The van der Waals surface area contributed by atoms with Crippen molar-refractivity contribution in [2.24, 2.45) is 23.7 Å². The number of halogens is 2. The van der Waals surface area contributed by atoms with Gasteiger partial charge in [0, 0.05) is 6.07 Å². The molecule has 2 aliphatic rings. The zero-order valence-corrected chi connectivity index (χ0v) is 16.5. The summed E-state index contributed by atoms with van der Waals surface area (Å²) in [6, 6.07) is 4.62. The average Bonchev–Trinajstić information content (AvgIpc) is 2.68. The van der Waals surface area contributed by atoms with Gasteiger partial charge < -0.3 is 4.74 Å². The standard InChI is InChI=1S/C23H32ClFO/c1-2-3-4-17-5-9-19(10-6-17)20-11-7-18(8-12-20)16-26-21-13-14-23(25)22(24)15-21/h2,13-15,17-20H,1,3-12,16H2. The van der Waals surface area contributed by atoms with Crippen LogP contribution in [0.5, 0.6) is 5.75 Å². The summed E-state index contributed by atoms with van der Waals surface area (Å²) in [5.74, 6) is 3.73. The van der Waals surface area contributed by atoms with E-state index in [-0.39, 0.29) is 5.02 Å². The van der Waals surface area contributed by atoms with Gasteiger partial charge in [0.05, 0.1) is 11.6 Å². The number of benzene rings is 1. The number of hydrogen-bond donors (Lipinski definition) is 0. The molecule has 26 heavy (non-hydrogen) atoms. The SMILES string of the molecule is C=CCCC1CCC(C2CCC(COc3ccc(F)c(Cl)c3)CC2)CC1. The predicted molar refractivity (Wildman–Crippen MR) is 107 cm³/mol. The molecule has 2 saturated carbocycles. The molecule has 1 aromatic carbocycles. The van der Waals surface area contributed by atoms with Gasteiger partial charge in [-0.2, -0.15) is 0 Å². The van der Waals surface area contributed by atoms with E-state index in [9.17, 15) is 4.39 Å². The molecule has 0 aliphatic heterocycles. The highest BCUT2D eigenvalue weighted by Crippen LogP contribution is 2.42. The third kappa shape index (κ3) is 5.49. The molecular formula is C23H32ClFO. The first-order valence-corrected chi connectivity index (χ1v) is 10.7. The Morgan fingerprint density at radius 2 is 1.62 bits per heavy atom. The fraction of sp³-hybridized carbons (Fsp3) is 0.652. The minimum absolute atomic E-state index is 0.134.